The minimum Gasteiger partial charge on any atom is -0.333 e. The molecule has 23 heavy (non-hydrogen) atoms. The number of hydrogen-bond donors (Lipinski definition) is 1. The predicted octanol–water partition coefficient (Wildman–Crippen LogP) is 1.17. The first-order valence-electron chi connectivity index (χ1n) is 7.40. The fraction of sp³-hybridized carbons (Fsp3) is 0.429. The molecule has 0 bridgehead atoms. The van der Waals surface area contributed by atoms with Gasteiger partial charge in [-0.05, 0) is 7.05 Å². The highest BCUT2D eigenvalue weighted by atomic mass is 32.1. The van der Waals surface area contributed by atoms with Crippen LogP contribution in [0.15, 0.2) is 23.1 Å². The molecular formula is C14H17N7OS. The van der Waals surface area contributed by atoms with Gasteiger partial charge in [0.1, 0.15) is 9.88 Å². The van der Waals surface area contributed by atoms with Crippen molar-refractivity contribution < 1.29 is 4.52 Å². The van der Waals surface area contributed by atoms with E-state index in [-0.39, 0.29) is 6.04 Å². The van der Waals surface area contributed by atoms with Crippen LogP contribution in [0.2, 0.25) is 0 Å². The quantitative estimate of drug-likeness (QED) is 0.771. The number of likely N-dealkylation sites (N-methyl/N-ethyl adjacent to an activating group) is 1. The smallest absolute Gasteiger partial charge is 0.269 e. The number of nitrogens with one attached hydrogen (secondary N) is 1. The molecular weight excluding hydrogens is 314 g/mol. The van der Waals surface area contributed by atoms with Crippen LogP contribution in [0, 0.1) is 0 Å². The molecule has 0 spiro atoms. The summed E-state index contributed by atoms with van der Waals surface area (Å²) in [5.74, 6) is 1.23. The van der Waals surface area contributed by atoms with Crippen LogP contribution in [-0.2, 0) is 7.05 Å². The van der Waals surface area contributed by atoms with Crippen molar-refractivity contribution in [2.75, 3.05) is 26.7 Å². The van der Waals surface area contributed by atoms with Gasteiger partial charge in [-0.3, -0.25) is 9.58 Å². The number of aromatic nitrogens is 5. The Hall–Kier alpha value is -2.10. The molecule has 1 fully saturated rings. The summed E-state index contributed by atoms with van der Waals surface area (Å²) in [5, 5.41) is 12.6. The van der Waals surface area contributed by atoms with Crippen LogP contribution in [0.5, 0.6) is 0 Å². The molecule has 1 aliphatic heterocycles. The highest BCUT2D eigenvalue weighted by molar-refractivity contribution is 7.18. The molecule has 0 radical (unpaired) electrons. The Kier molecular flexibility index (Phi) is 3.68. The van der Waals surface area contributed by atoms with Crippen LogP contribution < -0.4 is 5.32 Å². The van der Waals surface area contributed by atoms with Crippen molar-refractivity contribution >= 4 is 11.3 Å². The Morgan fingerprint density at radius 2 is 2.26 bits per heavy atom. The van der Waals surface area contributed by atoms with E-state index in [1.165, 1.54) is 11.3 Å². The highest BCUT2D eigenvalue weighted by Crippen LogP contribution is 2.31. The molecule has 1 atom stereocenters. The van der Waals surface area contributed by atoms with Crippen LogP contribution in [0.4, 0.5) is 0 Å². The first kappa shape index (κ1) is 14.5. The summed E-state index contributed by atoms with van der Waals surface area (Å²) in [6.07, 6.45) is 5.50. The van der Waals surface area contributed by atoms with Gasteiger partial charge in [-0.2, -0.15) is 10.1 Å². The average Bonchev–Trinajstić information content (AvgIpc) is 3.27. The number of piperazine rings is 1. The zero-order chi connectivity index (χ0) is 15.8. The monoisotopic (exact) mass is 331 g/mol. The molecule has 1 unspecified atom stereocenters. The Morgan fingerprint density at radius 3 is 3.04 bits per heavy atom. The lowest BCUT2D eigenvalue weighted by Crippen LogP contribution is -2.44. The Balaban J connectivity index is 1.58. The Labute approximate surface area is 137 Å². The zero-order valence-electron chi connectivity index (χ0n) is 12.9. The van der Waals surface area contributed by atoms with Gasteiger partial charge in [-0.25, -0.2) is 4.98 Å². The average molecular weight is 331 g/mol. The van der Waals surface area contributed by atoms with E-state index >= 15 is 0 Å². The molecule has 1 N–H and O–H groups in total. The number of hydrogen-bond acceptors (Lipinski definition) is 8. The van der Waals surface area contributed by atoms with E-state index in [0.29, 0.717) is 11.7 Å². The van der Waals surface area contributed by atoms with E-state index in [1.807, 2.05) is 13.2 Å². The molecule has 3 aromatic heterocycles. The lowest BCUT2D eigenvalue weighted by atomic mass is 10.2. The highest BCUT2D eigenvalue weighted by Gasteiger charge is 2.26. The van der Waals surface area contributed by atoms with E-state index < -0.39 is 0 Å². The molecule has 120 valence electrons. The van der Waals surface area contributed by atoms with Crippen molar-refractivity contribution in [3.05, 3.63) is 24.4 Å². The maximum Gasteiger partial charge on any atom is 0.269 e. The topological polar surface area (TPSA) is 84.9 Å². The summed E-state index contributed by atoms with van der Waals surface area (Å²) in [7, 11) is 3.96. The van der Waals surface area contributed by atoms with Crippen LogP contribution in [0.25, 0.3) is 21.3 Å². The Morgan fingerprint density at radius 1 is 1.35 bits per heavy atom. The number of aryl methyl sites for hydroxylation is 1. The third-order valence-electron chi connectivity index (χ3n) is 3.92. The van der Waals surface area contributed by atoms with Gasteiger partial charge >= 0.3 is 0 Å². The third kappa shape index (κ3) is 2.78. The first-order chi connectivity index (χ1) is 11.2. The van der Waals surface area contributed by atoms with E-state index in [4.69, 9.17) is 4.52 Å². The van der Waals surface area contributed by atoms with Gasteiger partial charge in [0.2, 0.25) is 0 Å². The van der Waals surface area contributed by atoms with Gasteiger partial charge < -0.3 is 9.84 Å². The fourth-order valence-corrected chi connectivity index (χ4v) is 3.42. The maximum atomic E-state index is 5.44. The summed E-state index contributed by atoms with van der Waals surface area (Å²) < 4.78 is 7.20. The second-order valence-corrected chi connectivity index (χ2v) is 6.62. The standard InChI is InChI=1S/C14H17N7OS/c1-20-4-3-15-6-10(20)12-18-13(22-19-12)11-7-16-14(23-11)9-5-17-21(2)8-9/h5,7-8,10,15H,3-4,6H2,1-2H3. The lowest BCUT2D eigenvalue weighted by Gasteiger charge is -2.30. The van der Waals surface area contributed by atoms with E-state index in [9.17, 15) is 0 Å². The molecule has 3 aromatic rings. The second-order valence-electron chi connectivity index (χ2n) is 5.59. The second kappa shape index (κ2) is 5.84. The molecule has 1 aliphatic rings. The largest absolute Gasteiger partial charge is 0.333 e. The van der Waals surface area contributed by atoms with Gasteiger partial charge in [0.15, 0.2) is 5.82 Å². The van der Waals surface area contributed by atoms with Crippen molar-refractivity contribution in [3.63, 3.8) is 0 Å². The SMILES string of the molecule is CN1CCNCC1c1noc(-c2cnc(-c3cnn(C)c3)s2)n1. The minimum atomic E-state index is 0.145. The third-order valence-corrected chi connectivity index (χ3v) is 4.95. The summed E-state index contributed by atoms with van der Waals surface area (Å²) in [6, 6.07) is 0.145. The molecule has 0 saturated carbocycles. The zero-order valence-corrected chi connectivity index (χ0v) is 13.7. The van der Waals surface area contributed by atoms with Crippen molar-refractivity contribution in [2.24, 2.45) is 7.05 Å². The molecule has 0 aromatic carbocycles. The maximum absolute atomic E-state index is 5.44. The summed E-state index contributed by atoms with van der Waals surface area (Å²) in [6.45, 7) is 2.79. The van der Waals surface area contributed by atoms with E-state index in [0.717, 1.165) is 35.1 Å². The van der Waals surface area contributed by atoms with Gasteiger partial charge in [0, 0.05) is 38.4 Å². The molecule has 8 nitrogen and oxygen atoms in total. The van der Waals surface area contributed by atoms with Gasteiger partial charge in [0.05, 0.1) is 18.4 Å². The number of nitrogens with zero attached hydrogens (tertiary/aromatic N) is 6. The van der Waals surface area contributed by atoms with Crippen LogP contribution >= 0.6 is 11.3 Å². The van der Waals surface area contributed by atoms with Crippen LogP contribution in [0.1, 0.15) is 11.9 Å². The number of thiazole rings is 1. The van der Waals surface area contributed by atoms with Crippen LogP contribution in [-0.4, -0.2) is 56.5 Å². The first-order valence-corrected chi connectivity index (χ1v) is 8.22. The Bertz CT molecular complexity index is 808. The summed E-state index contributed by atoms with van der Waals surface area (Å²) >= 11 is 1.52. The van der Waals surface area contributed by atoms with Gasteiger partial charge in [-0.15, -0.1) is 11.3 Å². The lowest BCUT2D eigenvalue weighted by molar-refractivity contribution is 0.190. The van der Waals surface area contributed by atoms with Crippen molar-refractivity contribution in [1.29, 1.82) is 0 Å². The fourth-order valence-electron chi connectivity index (χ4n) is 2.60. The molecule has 4 heterocycles. The van der Waals surface area contributed by atoms with E-state index in [1.54, 1.807) is 17.1 Å². The summed E-state index contributed by atoms with van der Waals surface area (Å²) in [5.41, 5.74) is 0.986. The molecule has 0 amide bonds. The van der Waals surface area contributed by atoms with Crippen molar-refractivity contribution in [1.82, 2.24) is 35.1 Å². The van der Waals surface area contributed by atoms with Gasteiger partial charge in [-0.1, -0.05) is 5.16 Å². The minimum absolute atomic E-state index is 0.145. The molecule has 0 aliphatic carbocycles. The molecule has 4 rings (SSSR count). The van der Waals surface area contributed by atoms with Crippen LogP contribution in [0.3, 0.4) is 0 Å². The molecule has 1 saturated heterocycles. The van der Waals surface area contributed by atoms with Crippen molar-refractivity contribution in [3.8, 4) is 21.3 Å². The summed E-state index contributed by atoms with van der Waals surface area (Å²) in [4.78, 5) is 12.1. The van der Waals surface area contributed by atoms with E-state index in [2.05, 4.69) is 37.5 Å². The normalized spacial score (nSPS) is 19.3. The number of rotatable bonds is 3. The van der Waals surface area contributed by atoms with Crippen molar-refractivity contribution in [2.45, 2.75) is 6.04 Å². The molecule has 9 heteroatoms. The van der Waals surface area contributed by atoms with Gasteiger partial charge in [0.25, 0.3) is 5.89 Å². The predicted molar refractivity (Wildman–Crippen MR) is 85.8 cm³/mol.